The molecule has 1 aromatic carbocycles. The Morgan fingerprint density at radius 2 is 1.77 bits per heavy atom. The van der Waals surface area contributed by atoms with Gasteiger partial charge in [-0.1, -0.05) is 11.6 Å². The average molecular weight is 534 g/mol. The zero-order valence-electron chi connectivity index (χ0n) is 17.8. The lowest BCUT2D eigenvalue weighted by Gasteiger charge is -2.18. The number of H-pyrrole nitrogens is 1. The first kappa shape index (κ1) is 24.3. The van der Waals surface area contributed by atoms with Crippen LogP contribution in [0.5, 0.6) is 17.5 Å². The van der Waals surface area contributed by atoms with Gasteiger partial charge in [-0.3, -0.25) is 0 Å². The number of sulfonamides is 1. The van der Waals surface area contributed by atoms with Crippen molar-refractivity contribution in [3.05, 3.63) is 35.7 Å². The topological polar surface area (TPSA) is 146 Å². The molecule has 17 heteroatoms. The molecule has 0 spiro atoms. The maximum atomic E-state index is 13.4. The van der Waals surface area contributed by atoms with Crippen LogP contribution < -0.4 is 18.9 Å². The first-order valence-electron chi connectivity index (χ1n) is 9.42. The Balaban J connectivity index is 1.75. The van der Waals surface area contributed by atoms with E-state index in [1.807, 2.05) is 0 Å². The smallest absolute Gasteiger partial charge is 0.427 e. The Kier molecular flexibility index (Phi) is 6.33. The molecule has 0 amide bonds. The van der Waals surface area contributed by atoms with Gasteiger partial charge < -0.3 is 19.2 Å². The minimum absolute atomic E-state index is 0.219. The van der Waals surface area contributed by atoms with Crippen LogP contribution in [0.1, 0.15) is 0 Å². The van der Waals surface area contributed by atoms with Gasteiger partial charge in [0.2, 0.25) is 11.7 Å². The summed E-state index contributed by atoms with van der Waals surface area (Å²) >= 11 is 6.26. The molecule has 0 bridgehead atoms. The second-order valence-corrected chi connectivity index (χ2v) is 8.72. The average Bonchev–Trinajstić information content (AvgIpc) is 3.50. The molecule has 186 valence electrons. The van der Waals surface area contributed by atoms with Crippen LogP contribution >= 0.6 is 11.6 Å². The highest BCUT2D eigenvalue weighted by molar-refractivity contribution is 7.93. The van der Waals surface area contributed by atoms with Gasteiger partial charge in [-0.15, -0.1) is 4.80 Å². The Labute approximate surface area is 200 Å². The largest absolute Gasteiger partial charge is 0.478 e. The van der Waals surface area contributed by atoms with Crippen molar-refractivity contribution in [1.82, 2.24) is 29.9 Å². The second-order valence-electron chi connectivity index (χ2n) is 6.66. The number of aromatic amines is 1. The molecule has 0 saturated carbocycles. The Hall–Kier alpha value is -3.79. The van der Waals surface area contributed by atoms with E-state index in [0.717, 1.165) is 14.2 Å². The fraction of sp³-hybridized carbons (Fsp3) is 0.222. The van der Waals surface area contributed by atoms with Crippen LogP contribution in [0.15, 0.2) is 35.6 Å². The Morgan fingerprint density at radius 3 is 2.34 bits per heavy atom. The first-order valence-corrected chi connectivity index (χ1v) is 11.3. The van der Waals surface area contributed by atoms with Crippen molar-refractivity contribution in [3.63, 3.8) is 0 Å². The van der Waals surface area contributed by atoms with Crippen LogP contribution in [-0.4, -0.2) is 65.4 Å². The van der Waals surface area contributed by atoms with Crippen molar-refractivity contribution < 1.29 is 35.8 Å². The number of aromatic nitrogens is 6. The zero-order chi connectivity index (χ0) is 25.4. The third kappa shape index (κ3) is 4.61. The van der Waals surface area contributed by atoms with Gasteiger partial charge in [0.25, 0.3) is 21.8 Å². The molecule has 0 aliphatic rings. The molecule has 4 aromatic rings. The fourth-order valence-electron chi connectivity index (χ4n) is 3.05. The van der Waals surface area contributed by atoms with E-state index in [-0.39, 0.29) is 15.3 Å². The molecule has 0 aliphatic carbocycles. The molecule has 3 heterocycles. The summed E-state index contributed by atoms with van der Waals surface area (Å²) in [6.07, 6.45) is -0.181. The van der Waals surface area contributed by atoms with E-state index in [9.17, 15) is 21.6 Å². The lowest BCUT2D eigenvalue weighted by atomic mass is 10.2. The normalized spacial score (nSPS) is 12.1. The van der Waals surface area contributed by atoms with E-state index in [1.54, 1.807) is 0 Å². The maximum absolute atomic E-state index is 13.4. The predicted molar refractivity (Wildman–Crippen MR) is 116 cm³/mol. The summed E-state index contributed by atoms with van der Waals surface area (Å²) in [5.41, 5.74) is 0.632. The molecule has 3 aromatic heterocycles. The van der Waals surface area contributed by atoms with E-state index in [2.05, 4.69) is 34.6 Å². The number of hydrogen-bond donors (Lipinski definition) is 2. The number of halogens is 4. The predicted octanol–water partition coefficient (Wildman–Crippen LogP) is 2.95. The summed E-state index contributed by atoms with van der Waals surface area (Å²) in [6, 6.07) is 2.93. The van der Waals surface area contributed by atoms with Crippen molar-refractivity contribution in [2.75, 3.05) is 25.6 Å². The van der Waals surface area contributed by atoms with Crippen LogP contribution in [0.3, 0.4) is 0 Å². The SMILES string of the molecule is COc1nc(NS(=O)(=O)c2c[nH]c3c(-n4nccn4)c(Cl)ccc23)nc(OC)c1OC(F)(F)CF. The molecule has 2 N–H and O–H groups in total. The van der Waals surface area contributed by atoms with Gasteiger partial charge in [0.15, 0.2) is 6.67 Å². The number of methoxy groups -OCH3 is 2. The van der Waals surface area contributed by atoms with Crippen LogP contribution in [0.4, 0.5) is 19.1 Å². The third-order valence-corrected chi connectivity index (χ3v) is 6.15. The van der Waals surface area contributed by atoms with Crippen molar-refractivity contribution >= 4 is 38.5 Å². The molecular weight excluding hydrogens is 519 g/mol. The van der Waals surface area contributed by atoms with E-state index in [0.29, 0.717) is 11.2 Å². The monoisotopic (exact) mass is 533 g/mol. The second kappa shape index (κ2) is 9.10. The molecule has 12 nitrogen and oxygen atoms in total. The van der Waals surface area contributed by atoms with Crippen molar-refractivity contribution in [2.24, 2.45) is 0 Å². The number of alkyl halides is 3. The quantitative estimate of drug-likeness (QED) is 0.331. The molecule has 0 radical (unpaired) electrons. The minimum atomic E-state index is -4.36. The lowest BCUT2D eigenvalue weighted by molar-refractivity contribution is -0.188. The number of anilines is 1. The van der Waals surface area contributed by atoms with E-state index < -0.39 is 46.3 Å². The number of nitrogens with zero attached hydrogens (tertiary/aromatic N) is 5. The number of benzene rings is 1. The van der Waals surface area contributed by atoms with Gasteiger partial charge in [0.05, 0.1) is 37.2 Å². The van der Waals surface area contributed by atoms with E-state index in [1.165, 1.54) is 35.5 Å². The van der Waals surface area contributed by atoms with Crippen LogP contribution in [0.2, 0.25) is 5.02 Å². The summed E-state index contributed by atoms with van der Waals surface area (Å²) in [5, 5.41) is 8.52. The van der Waals surface area contributed by atoms with Crippen LogP contribution in [0, 0.1) is 0 Å². The van der Waals surface area contributed by atoms with Crippen molar-refractivity contribution in [2.45, 2.75) is 11.0 Å². The number of hydrogen-bond acceptors (Lipinski definition) is 9. The van der Waals surface area contributed by atoms with Gasteiger partial charge in [-0.2, -0.15) is 28.9 Å². The summed E-state index contributed by atoms with van der Waals surface area (Å²) < 4.78 is 81.9. The minimum Gasteiger partial charge on any atom is -0.478 e. The highest BCUT2D eigenvalue weighted by Crippen LogP contribution is 2.39. The van der Waals surface area contributed by atoms with Gasteiger partial charge >= 0.3 is 6.11 Å². The molecule has 0 unspecified atom stereocenters. The maximum Gasteiger partial charge on any atom is 0.427 e. The fourth-order valence-corrected chi connectivity index (χ4v) is 4.40. The summed E-state index contributed by atoms with van der Waals surface area (Å²) in [4.78, 5) is 11.3. The number of ether oxygens (including phenoxy) is 3. The molecular formula is C18H15ClF3N7O5S. The molecule has 0 saturated heterocycles. The van der Waals surface area contributed by atoms with Gasteiger partial charge in [0, 0.05) is 11.6 Å². The Bertz CT molecular complexity index is 1460. The van der Waals surface area contributed by atoms with Crippen LogP contribution in [0.25, 0.3) is 16.6 Å². The number of nitrogens with one attached hydrogen (secondary N) is 2. The van der Waals surface area contributed by atoms with E-state index >= 15 is 0 Å². The summed E-state index contributed by atoms with van der Waals surface area (Å²) in [5.74, 6) is -2.66. The molecule has 0 aliphatic heterocycles. The van der Waals surface area contributed by atoms with Gasteiger partial charge in [-0.25, -0.2) is 17.5 Å². The van der Waals surface area contributed by atoms with Gasteiger partial charge in [-0.05, 0) is 12.1 Å². The van der Waals surface area contributed by atoms with Crippen molar-refractivity contribution in [3.8, 4) is 23.2 Å². The molecule has 4 rings (SSSR count). The first-order chi connectivity index (χ1) is 16.6. The standard InChI is InChI=1S/C18H15ClF3N7O5S/c1-32-15-14(34-18(21,22)8-20)16(33-2)27-17(26-15)28-35(30,31)11-7-23-12-9(11)3-4-10(19)13(12)29-24-5-6-25-29/h3-7,23H,8H2,1-2H3,(H,26,27,28). The molecule has 0 fully saturated rings. The highest BCUT2D eigenvalue weighted by Gasteiger charge is 2.36. The van der Waals surface area contributed by atoms with Gasteiger partial charge in [0.1, 0.15) is 10.6 Å². The molecule has 35 heavy (non-hydrogen) atoms. The number of fused-ring (bicyclic) bond motifs is 1. The van der Waals surface area contributed by atoms with Crippen molar-refractivity contribution in [1.29, 1.82) is 0 Å². The lowest BCUT2D eigenvalue weighted by Crippen LogP contribution is -2.28. The molecule has 0 atom stereocenters. The summed E-state index contributed by atoms with van der Waals surface area (Å²) in [6.45, 7) is -2.14. The third-order valence-electron chi connectivity index (χ3n) is 4.47. The van der Waals surface area contributed by atoms with E-state index in [4.69, 9.17) is 21.1 Å². The zero-order valence-corrected chi connectivity index (χ0v) is 19.4. The summed E-state index contributed by atoms with van der Waals surface area (Å²) in [7, 11) is -2.26. The Morgan fingerprint density at radius 1 is 1.14 bits per heavy atom. The number of rotatable bonds is 9. The van der Waals surface area contributed by atoms with Crippen LogP contribution in [-0.2, 0) is 10.0 Å². The highest BCUT2D eigenvalue weighted by atomic mass is 35.5.